The van der Waals surface area contributed by atoms with Crippen LogP contribution in [0.1, 0.15) is 13.3 Å². The molecule has 0 atom stereocenters. The standard InChI is InChI=1S/C5H9NO3.ClH/c1-2-4(7)9-5(8)3-6;/h2-3,6H2,1H3;1H. The lowest BCUT2D eigenvalue weighted by atomic mass is 10.5. The third kappa shape index (κ3) is 5.53. The van der Waals surface area contributed by atoms with Gasteiger partial charge in [0.15, 0.2) is 0 Å². The predicted molar refractivity (Wildman–Crippen MR) is 37.7 cm³/mol. The first-order valence-corrected chi connectivity index (χ1v) is 2.64. The molecule has 0 rings (SSSR count). The summed E-state index contributed by atoms with van der Waals surface area (Å²) in [5.74, 6) is -1.22. The number of esters is 2. The smallest absolute Gasteiger partial charge is 0.327 e. The van der Waals surface area contributed by atoms with E-state index in [4.69, 9.17) is 5.73 Å². The fourth-order valence-corrected chi connectivity index (χ4v) is 0.241. The molecule has 0 aliphatic rings. The Bertz CT molecular complexity index is 112. The molecule has 0 unspecified atom stereocenters. The summed E-state index contributed by atoms with van der Waals surface area (Å²) in [6, 6.07) is 0. The van der Waals surface area contributed by atoms with E-state index >= 15 is 0 Å². The maximum Gasteiger partial charge on any atom is 0.327 e. The highest BCUT2D eigenvalue weighted by Crippen LogP contribution is 1.82. The van der Waals surface area contributed by atoms with Gasteiger partial charge in [-0.05, 0) is 0 Å². The van der Waals surface area contributed by atoms with Crippen LogP contribution in [0.2, 0.25) is 0 Å². The molecule has 0 saturated carbocycles. The molecule has 10 heavy (non-hydrogen) atoms. The van der Waals surface area contributed by atoms with Crippen molar-refractivity contribution in [3.63, 3.8) is 0 Å². The predicted octanol–water partition coefficient (Wildman–Crippen LogP) is -0.153. The van der Waals surface area contributed by atoms with Gasteiger partial charge in [-0.3, -0.25) is 9.59 Å². The van der Waals surface area contributed by atoms with E-state index in [0.29, 0.717) is 0 Å². The zero-order chi connectivity index (χ0) is 7.28. The van der Waals surface area contributed by atoms with Crippen molar-refractivity contribution in [1.82, 2.24) is 0 Å². The van der Waals surface area contributed by atoms with Gasteiger partial charge in [-0.1, -0.05) is 6.92 Å². The van der Waals surface area contributed by atoms with E-state index in [9.17, 15) is 9.59 Å². The maximum absolute atomic E-state index is 10.3. The fourth-order valence-electron chi connectivity index (χ4n) is 0.241. The van der Waals surface area contributed by atoms with Crippen LogP contribution in [-0.2, 0) is 14.3 Å². The number of carbonyl (C=O) groups is 2. The van der Waals surface area contributed by atoms with Crippen LogP contribution in [0, 0.1) is 0 Å². The van der Waals surface area contributed by atoms with Crippen molar-refractivity contribution in [3.05, 3.63) is 0 Å². The summed E-state index contributed by atoms with van der Waals surface area (Å²) in [5.41, 5.74) is 4.85. The molecule has 0 spiro atoms. The minimum absolute atomic E-state index is 0. The second kappa shape index (κ2) is 6.51. The van der Waals surface area contributed by atoms with Crippen molar-refractivity contribution >= 4 is 24.3 Å². The van der Waals surface area contributed by atoms with Gasteiger partial charge in [0.05, 0.1) is 6.54 Å². The number of rotatable bonds is 2. The van der Waals surface area contributed by atoms with Crippen molar-refractivity contribution < 1.29 is 14.3 Å². The molecular formula is C5H10ClNO3. The second-order valence-electron chi connectivity index (χ2n) is 1.40. The van der Waals surface area contributed by atoms with Crippen LogP contribution in [0.15, 0.2) is 0 Å². The molecule has 4 nitrogen and oxygen atoms in total. The average Bonchev–Trinajstić information content (AvgIpc) is 1.87. The quantitative estimate of drug-likeness (QED) is 0.459. The maximum atomic E-state index is 10.3. The monoisotopic (exact) mass is 167 g/mol. The summed E-state index contributed by atoms with van der Waals surface area (Å²) >= 11 is 0. The molecule has 0 aromatic carbocycles. The van der Waals surface area contributed by atoms with Gasteiger partial charge in [0.1, 0.15) is 0 Å². The lowest BCUT2D eigenvalue weighted by Crippen LogP contribution is -2.19. The normalized spacial score (nSPS) is 7.80. The molecular weight excluding hydrogens is 158 g/mol. The van der Waals surface area contributed by atoms with Crippen molar-refractivity contribution in [2.45, 2.75) is 13.3 Å². The van der Waals surface area contributed by atoms with Gasteiger partial charge in [0, 0.05) is 6.42 Å². The molecule has 0 aromatic rings. The lowest BCUT2D eigenvalue weighted by molar-refractivity contribution is -0.158. The highest BCUT2D eigenvalue weighted by atomic mass is 35.5. The van der Waals surface area contributed by atoms with E-state index in [1.54, 1.807) is 6.92 Å². The van der Waals surface area contributed by atoms with Crippen molar-refractivity contribution in [3.8, 4) is 0 Å². The van der Waals surface area contributed by atoms with Crippen LogP contribution in [0.25, 0.3) is 0 Å². The number of carbonyl (C=O) groups excluding carboxylic acids is 2. The third-order valence-corrected chi connectivity index (χ3v) is 0.683. The first-order valence-electron chi connectivity index (χ1n) is 2.64. The van der Waals surface area contributed by atoms with Crippen LogP contribution in [-0.4, -0.2) is 18.5 Å². The molecule has 0 radical (unpaired) electrons. The molecule has 60 valence electrons. The summed E-state index contributed by atoms with van der Waals surface area (Å²) < 4.78 is 4.15. The van der Waals surface area contributed by atoms with Crippen LogP contribution in [0.5, 0.6) is 0 Å². The topological polar surface area (TPSA) is 69.4 Å². The highest BCUT2D eigenvalue weighted by Gasteiger charge is 2.03. The summed E-state index contributed by atoms with van der Waals surface area (Å²) in [4.78, 5) is 20.5. The minimum atomic E-state index is -0.679. The second-order valence-corrected chi connectivity index (χ2v) is 1.40. The van der Waals surface area contributed by atoms with Gasteiger partial charge in [-0.25, -0.2) is 0 Å². The van der Waals surface area contributed by atoms with Gasteiger partial charge in [-0.15, -0.1) is 12.4 Å². The van der Waals surface area contributed by atoms with Gasteiger partial charge >= 0.3 is 11.9 Å². The number of halogens is 1. The SMILES string of the molecule is CCC(=O)OC(=O)CN.Cl. The number of nitrogens with two attached hydrogens (primary N) is 1. The Hall–Kier alpha value is -0.610. The highest BCUT2D eigenvalue weighted by molar-refractivity contribution is 5.86. The summed E-state index contributed by atoms with van der Waals surface area (Å²) in [5, 5.41) is 0. The Kier molecular flexibility index (Phi) is 7.88. The van der Waals surface area contributed by atoms with Crippen LogP contribution in [0.4, 0.5) is 0 Å². The minimum Gasteiger partial charge on any atom is -0.392 e. The van der Waals surface area contributed by atoms with Crippen LogP contribution >= 0.6 is 12.4 Å². The Labute approximate surface area is 65.1 Å². The summed E-state index contributed by atoms with van der Waals surface area (Å²) in [6.45, 7) is 1.36. The fraction of sp³-hybridized carbons (Fsp3) is 0.600. The van der Waals surface area contributed by atoms with Gasteiger partial charge in [0.25, 0.3) is 0 Å². The number of hydrogen-bond donors (Lipinski definition) is 1. The van der Waals surface area contributed by atoms with Crippen molar-refractivity contribution in [2.75, 3.05) is 6.54 Å². The van der Waals surface area contributed by atoms with Crippen molar-refractivity contribution in [1.29, 1.82) is 0 Å². The zero-order valence-electron chi connectivity index (χ0n) is 5.62. The zero-order valence-corrected chi connectivity index (χ0v) is 6.44. The molecule has 0 amide bonds. The van der Waals surface area contributed by atoms with Gasteiger partial charge in [0.2, 0.25) is 0 Å². The third-order valence-electron chi connectivity index (χ3n) is 0.683. The Balaban J connectivity index is 0. The van der Waals surface area contributed by atoms with E-state index in [1.165, 1.54) is 0 Å². The molecule has 0 heterocycles. The van der Waals surface area contributed by atoms with E-state index < -0.39 is 11.9 Å². The molecule has 0 aliphatic heterocycles. The number of ether oxygens (including phenoxy) is 1. The Morgan fingerprint density at radius 2 is 1.90 bits per heavy atom. The van der Waals surface area contributed by atoms with Crippen LogP contribution < -0.4 is 5.73 Å². The number of hydrogen-bond acceptors (Lipinski definition) is 4. The van der Waals surface area contributed by atoms with E-state index in [0.717, 1.165) is 0 Å². The first-order chi connectivity index (χ1) is 4.20. The van der Waals surface area contributed by atoms with Gasteiger partial charge < -0.3 is 10.5 Å². The molecule has 0 bridgehead atoms. The van der Waals surface area contributed by atoms with Crippen LogP contribution in [0.3, 0.4) is 0 Å². The van der Waals surface area contributed by atoms with E-state index in [-0.39, 0.29) is 25.4 Å². The Morgan fingerprint density at radius 3 is 2.20 bits per heavy atom. The van der Waals surface area contributed by atoms with E-state index in [1.807, 2.05) is 0 Å². The molecule has 0 aromatic heterocycles. The van der Waals surface area contributed by atoms with Gasteiger partial charge in [-0.2, -0.15) is 0 Å². The lowest BCUT2D eigenvalue weighted by Gasteiger charge is -1.95. The van der Waals surface area contributed by atoms with E-state index in [2.05, 4.69) is 4.74 Å². The molecule has 0 saturated heterocycles. The molecule has 0 aliphatic carbocycles. The van der Waals surface area contributed by atoms with Crippen molar-refractivity contribution in [2.24, 2.45) is 5.73 Å². The Morgan fingerprint density at radius 1 is 1.40 bits per heavy atom. The largest absolute Gasteiger partial charge is 0.392 e. The first kappa shape index (κ1) is 12.1. The summed E-state index contributed by atoms with van der Waals surface area (Å²) in [6.07, 6.45) is 0.200. The molecule has 0 fully saturated rings. The molecule has 2 N–H and O–H groups in total. The average molecular weight is 168 g/mol. The molecule has 5 heteroatoms. The summed E-state index contributed by atoms with van der Waals surface area (Å²) in [7, 11) is 0.